The van der Waals surface area contributed by atoms with Crippen molar-refractivity contribution >= 4 is 0 Å². The number of alkyl halides is 3. The number of nitrogens with two attached hydrogens (primary N) is 1. The van der Waals surface area contributed by atoms with Crippen LogP contribution >= 0.6 is 0 Å². The van der Waals surface area contributed by atoms with Crippen LogP contribution in [0, 0.1) is 0 Å². The molecule has 17 heavy (non-hydrogen) atoms. The fourth-order valence-corrected chi connectivity index (χ4v) is 2.41. The maximum absolute atomic E-state index is 12.0. The highest BCUT2D eigenvalue weighted by molar-refractivity contribution is 5.39. The van der Waals surface area contributed by atoms with Gasteiger partial charge < -0.3 is 5.73 Å². The smallest absolute Gasteiger partial charge is 0.328 e. The standard InChI is InChI=1S/C13H16F3N/c14-13(15,16)6-5-11(17)8-10-7-9-3-1-2-4-12(9)10/h1-4,10-11H,5-8,17H2. The number of fused-ring (bicyclic) bond motifs is 1. The summed E-state index contributed by atoms with van der Waals surface area (Å²) in [7, 11) is 0. The molecule has 0 aromatic heterocycles. The Morgan fingerprint density at radius 2 is 2.00 bits per heavy atom. The fourth-order valence-electron chi connectivity index (χ4n) is 2.41. The SMILES string of the molecule is NC(CCC(F)(F)F)CC1Cc2ccccc21. The molecule has 2 atom stereocenters. The highest BCUT2D eigenvalue weighted by atomic mass is 19.4. The average Bonchev–Trinajstić information content (AvgIpc) is 2.22. The van der Waals surface area contributed by atoms with Crippen LogP contribution in [-0.2, 0) is 6.42 Å². The van der Waals surface area contributed by atoms with Gasteiger partial charge in [-0.25, -0.2) is 0 Å². The lowest BCUT2D eigenvalue weighted by Gasteiger charge is -2.32. The van der Waals surface area contributed by atoms with E-state index < -0.39 is 12.6 Å². The molecular formula is C13H16F3N. The van der Waals surface area contributed by atoms with Crippen LogP contribution in [0.1, 0.15) is 36.3 Å². The topological polar surface area (TPSA) is 26.0 Å². The molecule has 0 fully saturated rings. The number of halogens is 3. The second-order valence-corrected chi connectivity index (χ2v) is 4.75. The highest BCUT2D eigenvalue weighted by Crippen LogP contribution is 2.38. The van der Waals surface area contributed by atoms with Crippen molar-refractivity contribution in [3.8, 4) is 0 Å². The molecule has 0 spiro atoms. The predicted octanol–water partition coefficient (Wildman–Crippen LogP) is 3.39. The molecule has 0 amide bonds. The van der Waals surface area contributed by atoms with Gasteiger partial charge in [0.1, 0.15) is 0 Å². The number of benzene rings is 1. The molecule has 0 radical (unpaired) electrons. The van der Waals surface area contributed by atoms with Crippen LogP contribution in [-0.4, -0.2) is 12.2 Å². The zero-order valence-electron chi connectivity index (χ0n) is 9.50. The van der Waals surface area contributed by atoms with Gasteiger partial charge in [-0.2, -0.15) is 13.2 Å². The average molecular weight is 243 g/mol. The lowest BCUT2D eigenvalue weighted by atomic mass is 9.74. The van der Waals surface area contributed by atoms with Crippen LogP contribution in [0.15, 0.2) is 24.3 Å². The van der Waals surface area contributed by atoms with Gasteiger partial charge in [-0.05, 0) is 36.3 Å². The summed E-state index contributed by atoms with van der Waals surface area (Å²) in [5.74, 6) is 0.356. The third-order valence-corrected chi connectivity index (χ3v) is 3.35. The van der Waals surface area contributed by atoms with E-state index in [4.69, 9.17) is 5.73 Å². The van der Waals surface area contributed by atoms with Crippen LogP contribution in [0.25, 0.3) is 0 Å². The molecule has 4 heteroatoms. The normalized spacial score (nSPS) is 20.6. The fraction of sp³-hybridized carbons (Fsp3) is 0.538. The van der Waals surface area contributed by atoms with Crippen LogP contribution in [0.2, 0.25) is 0 Å². The summed E-state index contributed by atoms with van der Waals surface area (Å²) in [4.78, 5) is 0. The Hall–Kier alpha value is -1.03. The predicted molar refractivity (Wildman–Crippen MR) is 60.8 cm³/mol. The van der Waals surface area contributed by atoms with Gasteiger partial charge in [-0.1, -0.05) is 24.3 Å². The highest BCUT2D eigenvalue weighted by Gasteiger charge is 2.30. The maximum atomic E-state index is 12.0. The molecule has 1 aliphatic carbocycles. The molecular weight excluding hydrogens is 227 g/mol. The minimum Gasteiger partial charge on any atom is -0.328 e. The molecule has 0 aliphatic heterocycles. The van der Waals surface area contributed by atoms with Crippen LogP contribution in [0.4, 0.5) is 13.2 Å². The quantitative estimate of drug-likeness (QED) is 0.861. The first-order valence-electron chi connectivity index (χ1n) is 5.86. The summed E-state index contributed by atoms with van der Waals surface area (Å²) >= 11 is 0. The summed E-state index contributed by atoms with van der Waals surface area (Å²) in [6.45, 7) is 0. The molecule has 94 valence electrons. The Morgan fingerprint density at radius 3 is 2.65 bits per heavy atom. The van der Waals surface area contributed by atoms with Crippen molar-refractivity contribution < 1.29 is 13.2 Å². The van der Waals surface area contributed by atoms with Gasteiger partial charge in [0.15, 0.2) is 0 Å². The molecule has 1 aromatic carbocycles. The van der Waals surface area contributed by atoms with Gasteiger partial charge in [-0.3, -0.25) is 0 Å². The molecule has 2 rings (SSSR count). The lowest BCUT2D eigenvalue weighted by molar-refractivity contribution is -0.136. The Balaban J connectivity index is 1.80. The lowest BCUT2D eigenvalue weighted by Crippen LogP contribution is -2.29. The van der Waals surface area contributed by atoms with Gasteiger partial charge in [0.2, 0.25) is 0 Å². The van der Waals surface area contributed by atoms with Crippen molar-refractivity contribution in [3.05, 3.63) is 35.4 Å². The van der Waals surface area contributed by atoms with Crippen LogP contribution in [0.3, 0.4) is 0 Å². The van der Waals surface area contributed by atoms with Gasteiger partial charge >= 0.3 is 6.18 Å². The Morgan fingerprint density at radius 1 is 1.29 bits per heavy atom. The Bertz CT molecular complexity index is 386. The Labute approximate surface area is 98.8 Å². The summed E-state index contributed by atoms with van der Waals surface area (Å²) in [5, 5.41) is 0. The van der Waals surface area contributed by atoms with E-state index in [9.17, 15) is 13.2 Å². The molecule has 2 unspecified atom stereocenters. The van der Waals surface area contributed by atoms with Crippen molar-refractivity contribution in [3.63, 3.8) is 0 Å². The first-order chi connectivity index (χ1) is 7.96. The van der Waals surface area contributed by atoms with E-state index in [1.807, 2.05) is 18.2 Å². The van der Waals surface area contributed by atoms with Crippen molar-refractivity contribution in [1.82, 2.24) is 0 Å². The molecule has 0 saturated carbocycles. The van der Waals surface area contributed by atoms with E-state index >= 15 is 0 Å². The van der Waals surface area contributed by atoms with E-state index in [1.54, 1.807) is 0 Å². The molecule has 0 saturated heterocycles. The number of hydrogen-bond acceptors (Lipinski definition) is 1. The third kappa shape index (κ3) is 3.22. The second kappa shape index (κ2) is 4.69. The monoisotopic (exact) mass is 243 g/mol. The zero-order valence-corrected chi connectivity index (χ0v) is 9.50. The van der Waals surface area contributed by atoms with E-state index in [1.165, 1.54) is 11.1 Å². The molecule has 1 aromatic rings. The molecule has 0 bridgehead atoms. The maximum Gasteiger partial charge on any atom is 0.389 e. The van der Waals surface area contributed by atoms with E-state index in [-0.39, 0.29) is 12.5 Å². The molecule has 0 heterocycles. The molecule has 1 nitrogen and oxygen atoms in total. The second-order valence-electron chi connectivity index (χ2n) is 4.75. The minimum absolute atomic E-state index is 0.0299. The van der Waals surface area contributed by atoms with E-state index in [2.05, 4.69) is 6.07 Å². The van der Waals surface area contributed by atoms with E-state index in [0.29, 0.717) is 12.3 Å². The summed E-state index contributed by atoms with van der Waals surface area (Å²) in [6, 6.07) is 7.70. The van der Waals surface area contributed by atoms with Crippen LogP contribution in [0.5, 0.6) is 0 Å². The number of rotatable bonds is 4. The van der Waals surface area contributed by atoms with Crippen molar-refractivity contribution in [1.29, 1.82) is 0 Å². The third-order valence-electron chi connectivity index (χ3n) is 3.35. The van der Waals surface area contributed by atoms with Gasteiger partial charge in [0.25, 0.3) is 0 Å². The molecule has 2 N–H and O–H groups in total. The summed E-state index contributed by atoms with van der Waals surface area (Å²) in [5.41, 5.74) is 8.31. The first kappa shape index (κ1) is 12.4. The van der Waals surface area contributed by atoms with Crippen LogP contribution < -0.4 is 5.73 Å². The van der Waals surface area contributed by atoms with Gasteiger partial charge in [0, 0.05) is 12.5 Å². The first-order valence-corrected chi connectivity index (χ1v) is 5.86. The largest absolute Gasteiger partial charge is 0.389 e. The van der Waals surface area contributed by atoms with E-state index in [0.717, 1.165) is 6.42 Å². The van der Waals surface area contributed by atoms with Crippen molar-refractivity contribution in [2.45, 2.75) is 43.8 Å². The van der Waals surface area contributed by atoms with Crippen molar-refractivity contribution in [2.24, 2.45) is 5.73 Å². The van der Waals surface area contributed by atoms with Gasteiger partial charge in [0.05, 0.1) is 0 Å². The molecule has 1 aliphatic rings. The Kier molecular flexibility index (Phi) is 3.43. The summed E-state index contributed by atoms with van der Waals surface area (Å²) in [6.07, 6.45) is -3.22. The summed E-state index contributed by atoms with van der Waals surface area (Å²) < 4.78 is 36.1. The zero-order chi connectivity index (χ0) is 12.5. The van der Waals surface area contributed by atoms with Gasteiger partial charge in [-0.15, -0.1) is 0 Å². The van der Waals surface area contributed by atoms with Crippen molar-refractivity contribution in [2.75, 3.05) is 0 Å². The minimum atomic E-state index is -4.09. The number of hydrogen-bond donors (Lipinski definition) is 1.